The maximum atomic E-state index is 10.3. The fourth-order valence-electron chi connectivity index (χ4n) is 2.76. The van der Waals surface area contributed by atoms with E-state index >= 15 is 0 Å². The summed E-state index contributed by atoms with van der Waals surface area (Å²) in [7, 11) is 0. The molecule has 0 saturated carbocycles. The molecule has 1 rings (SSSR count). The van der Waals surface area contributed by atoms with Crippen molar-refractivity contribution in [1.29, 1.82) is 0 Å². The van der Waals surface area contributed by atoms with Crippen molar-refractivity contribution in [3.63, 3.8) is 0 Å². The molecule has 23 heavy (non-hydrogen) atoms. The van der Waals surface area contributed by atoms with Crippen LogP contribution < -0.4 is 4.74 Å². The highest BCUT2D eigenvalue weighted by atomic mass is 16.5. The summed E-state index contributed by atoms with van der Waals surface area (Å²) in [6, 6.07) is 8.13. The molecule has 1 aromatic rings. The second-order valence-corrected chi connectivity index (χ2v) is 6.38. The maximum absolute atomic E-state index is 10.3. The number of carbonyl (C=O) groups excluding carboxylic acids is 1. The molecule has 0 atom stereocenters. The van der Waals surface area contributed by atoms with Gasteiger partial charge in [0.15, 0.2) is 0 Å². The first kappa shape index (κ1) is 19.7. The second kappa shape index (κ2) is 14.3. The van der Waals surface area contributed by atoms with Crippen LogP contribution in [0.5, 0.6) is 5.75 Å². The third kappa shape index (κ3) is 11.0. The minimum absolute atomic E-state index is 0.596. The number of ether oxygens (including phenoxy) is 1. The van der Waals surface area contributed by atoms with Crippen LogP contribution in [0.2, 0.25) is 0 Å². The van der Waals surface area contributed by atoms with E-state index < -0.39 is 0 Å². The average molecular weight is 319 g/mol. The Morgan fingerprint density at radius 1 is 0.826 bits per heavy atom. The first-order valence-corrected chi connectivity index (χ1v) is 9.52. The average Bonchev–Trinajstić information content (AvgIpc) is 2.59. The van der Waals surface area contributed by atoms with Crippen molar-refractivity contribution in [1.82, 2.24) is 0 Å². The smallest absolute Gasteiger partial charge is 0.120 e. The van der Waals surface area contributed by atoms with Crippen molar-refractivity contribution in [2.24, 2.45) is 0 Å². The Kier molecular flexibility index (Phi) is 12.3. The molecule has 0 spiro atoms. The molecular weight excluding hydrogens is 284 g/mol. The van der Waals surface area contributed by atoms with E-state index in [4.69, 9.17) is 4.74 Å². The zero-order valence-electron chi connectivity index (χ0n) is 14.9. The minimum atomic E-state index is 0.596. The lowest BCUT2D eigenvalue weighted by atomic mass is 10.1. The summed E-state index contributed by atoms with van der Waals surface area (Å²) in [6.45, 7) is 3.08. The van der Waals surface area contributed by atoms with Gasteiger partial charge >= 0.3 is 0 Å². The lowest BCUT2D eigenvalue weighted by Gasteiger charge is -2.07. The van der Waals surface area contributed by atoms with Gasteiger partial charge in [-0.1, -0.05) is 76.8 Å². The van der Waals surface area contributed by atoms with Crippen LogP contribution in [0.3, 0.4) is 0 Å². The van der Waals surface area contributed by atoms with Crippen LogP contribution >= 0.6 is 0 Å². The van der Waals surface area contributed by atoms with Gasteiger partial charge < -0.3 is 9.53 Å². The first-order chi connectivity index (χ1) is 11.4. The van der Waals surface area contributed by atoms with E-state index in [1.54, 1.807) is 0 Å². The summed E-state index contributed by atoms with van der Waals surface area (Å²) in [5.74, 6) is 0.941. The van der Waals surface area contributed by atoms with Gasteiger partial charge in [0.25, 0.3) is 0 Å². The number of aryl methyl sites for hydroxylation is 1. The Bertz CT molecular complexity index is 383. The number of rotatable bonds is 15. The number of benzene rings is 1. The standard InChI is InChI=1S/C21H34O2/c1-2-3-4-5-6-7-8-9-10-11-19-23-21-16-14-20(15-17-21)13-12-18-22/h14-18H,2-13,19H2,1H3. The largest absolute Gasteiger partial charge is 0.494 e. The zero-order chi connectivity index (χ0) is 16.6. The van der Waals surface area contributed by atoms with Crippen molar-refractivity contribution in [2.45, 2.75) is 84.0 Å². The van der Waals surface area contributed by atoms with Gasteiger partial charge in [-0.15, -0.1) is 0 Å². The molecule has 0 saturated heterocycles. The molecule has 1 aromatic carbocycles. The van der Waals surface area contributed by atoms with E-state index in [-0.39, 0.29) is 0 Å². The lowest BCUT2D eigenvalue weighted by Crippen LogP contribution is -1.97. The Morgan fingerprint density at radius 2 is 1.39 bits per heavy atom. The van der Waals surface area contributed by atoms with Gasteiger partial charge in [-0.3, -0.25) is 0 Å². The summed E-state index contributed by atoms with van der Waals surface area (Å²) < 4.78 is 5.77. The SMILES string of the molecule is CCCCCCCCCCCCOc1ccc(CCC=O)cc1. The van der Waals surface area contributed by atoms with Crippen molar-refractivity contribution in [3.8, 4) is 5.75 Å². The van der Waals surface area contributed by atoms with Gasteiger partial charge in [0, 0.05) is 6.42 Å². The molecule has 0 amide bonds. The van der Waals surface area contributed by atoms with E-state index in [0.717, 1.165) is 31.5 Å². The molecule has 0 aliphatic heterocycles. The Balaban J connectivity index is 1.93. The third-order valence-corrected chi connectivity index (χ3v) is 4.24. The van der Waals surface area contributed by atoms with E-state index in [1.807, 2.05) is 12.1 Å². The molecule has 2 heteroatoms. The van der Waals surface area contributed by atoms with Crippen LogP contribution in [0.25, 0.3) is 0 Å². The number of hydrogen-bond donors (Lipinski definition) is 0. The molecule has 130 valence electrons. The van der Waals surface area contributed by atoms with Crippen LogP contribution in [-0.4, -0.2) is 12.9 Å². The molecule has 0 aliphatic carbocycles. The normalized spacial score (nSPS) is 10.7. The summed E-state index contributed by atoms with van der Waals surface area (Å²) in [6.07, 6.45) is 15.9. The Labute approximate surface area is 142 Å². The molecule has 0 N–H and O–H groups in total. The fourth-order valence-corrected chi connectivity index (χ4v) is 2.76. The second-order valence-electron chi connectivity index (χ2n) is 6.38. The van der Waals surface area contributed by atoms with Gasteiger partial charge in [-0.05, 0) is 30.5 Å². The maximum Gasteiger partial charge on any atom is 0.120 e. The molecule has 2 nitrogen and oxygen atoms in total. The Hall–Kier alpha value is -1.31. The topological polar surface area (TPSA) is 26.3 Å². The molecule has 0 fully saturated rings. The highest BCUT2D eigenvalue weighted by Gasteiger charge is 1.97. The van der Waals surface area contributed by atoms with E-state index in [1.165, 1.54) is 63.4 Å². The van der Waals surface area contributed by atoms with Gasteiger partial charge in [0.1, 0.15) is 12.0 Å². The van der Waals surface area contributed by atoms with Crippen molar-refractivity contribution >= 4 is 6.29 Å². The highest BCUT2D eigenvalue weighted by molar-refractivity contribution is 5.50. The number of unbranched alkanes of at least 4 members (excludes halogenated alkanes) is 9. The molecule has 0 heterocycles. The van der Waals surface area contributed by atoms with E-state index in [0.29, 0.717) is 6.42 Å². The van der Waals surface area contributed by atoms with Crippen molar-refractivity contribution in [2.75, 3.05) is 6.61 Å². The van der Waals surface area contributed by atoms with E-state index in [2.05, 4.69) is 19.1 Å². The zero-order valence-corrected chi connectivity index (χ0v) is 14.9. The quantitative estimate of drug-likeness (QED) is 0.288. The summed E-state index contributed by atoms with van der Waals surface area (Å²) in [5.41, 5.74) is 1.20. The van der Waals surface area contributed by atoms with Crippen molar-refractivity contribution in [3.05, 3.63) is 29.8 Å². The molecule has 0 aliphatic rings. The Morgan fingerprint density at radius 3 is 1.96 bits per heavy atom. The monoisotopic (exact) mass is 318 g/mol. The fraction of sp³-hybridized carbons (Fsp3) is 0.667. The van der Waals surface area contributed by atoms with Crippen LogP contribution in [-0.2, 0) is 11.2 Å². The van der Waals surface area contributed by atoms with Gasteiger partial charge in [-0.25, -0.2) is 0 Å². The number of carbonyl (C=O) groups is 1. The molecule has 0 aromatic heterocycles. The molecular formula is C21H34O2. The van der Waals surface area contributed by atoms with Crippen LogP contribution in [0.1, 0.15) is 83.1 Å². The van der Waals surface area contributed by atoms with Gasteiger partial charge in [0.2, 0.25) is 0 Å². The first-order valence-electron chi connectivity index (χ1n) is 9.52. The van der Waals surface area contributed by atoms with Crippen LogP contribution in [0.15, 0.2) is 24.3 Å². The summed E-state index contributed by atoms with van der Waals surface area (Å²) in [4.78, 5) is 10.3. The minimum Gasteiger partial charge on any atom is -0.494 e. The number of aldehydes is 1. The van der Waals surface area contributed by atoms with Gasteiger partial charge in [-0.2, -0.15) is 0 Å². The highest BCUT2D eigenvalue weighted by Crippen LogP contribution is 2.14. The molecule has 0 radical (unpaired) electrons. The van der Waals surface area contributed by atoms with Crippen LogP contribution in [0.4, 0.5) is 0 Å². The predicted octanol–water partition coefficient (Wildman–Crippen LogP) is 6.12. The lowest BCUT2D eigenvalue weighted by molar-refractivity contribution is -0.107. The van der Waals surface area contributed by atoms with Gasteiger partial charge in [0.05, 0.1) is 6.61 Å². The van der Waals surface area contributed by atoms with Crippen molar-refractivity contribution < 1.29 is 9.53 Å². The third-order valence-electron chi connectivity index (χ3n) is 4.24. The summed E-state index contributed by atoms with van der Waals surface area (Å²) in [5, 5.41) is 0. The molecule has 0 unspecified atom stereocenters. The predicted molar refractivity (Wildman–Crippen MR) is 98.2 cm³/mol. The van der Waals surface area contributed by atoms with E-state index in [9.17, 15) is 4.79 Å². The van der Waals surface area contributed by atoms with Crippen LogP contribution in [0, 0.1) is 0 Å². The number of hydrogen-bond acceptors (Lipinski definition) is 2. The molecule has 0 bridgehead atoms. The summed E-state index contributed by atoms with van der Waals surface area (Å²) >= 11 is 0.